The number of thiazole rings is 1. The molecule has 1 aliphatic heterocycles. The van der Waals surface area contributed by atoms with Gasteiger partial charge in [-0.25, -0.2) is 19.2 Å². The van der Waals surface area contributed by atoms with Crippen LogP contribution in [0.2, 0.25) is 0 Å². The summed E-state index contributed by atoms with van der Waals surface area (Å²) in [5.41, 5.74) is -1.28. The number of nitrogens with one attached hydrogen (secondary N) is 1. The number of rotatable bonds is 5. The van der Waals surface area contributed by atoms with Crippen LogP contribution in [-0.4, -0.2) is 54.2 Å². The number of halogens is 1. The molecule has 1 fully saturated rings. The van der Waals surface area contributed by atoms with Crippen molar-refractivity contribution in [2.45, 2.75) is 0 Å². The minimum absolute atomic E-state index is 0.0374. The quantitative estimate of drug-likeness (QED) is 0.442. The molecule has 0 radical (unpaired) electrons. The molecule has 0 aromatic carbocycles. The molecule has 0 unspecified atom stereocenters. The van der Waals surface area contributed by atoms with E-state index in [0.29, 0.717) is 10.9 Å². The smallest absolute Gasteiger partial charge is 0.341 e. The van der Waals surface area contributed by atoms with Crippen molar-refractivity contribution in [1.82, 2.24) is 24.1 Å². The SMILES string of the molecule is O=C(O)c1cn(-c2nccs2)c2nc(N3CC(C(=O)Nc4csnn4)C3)c(F)cc2c1=O. The second-order valence-electron chi connectivity index (χ2n) is 6.91. The number of pyridine rings is 2. The van der Waals surface area contributed by atoms with Gasteiger partial charge in [0, 0.05) is 30.9 Å². The van der Waals surface area contributed by atoms with Crippen molar-refractivity contribution in [2.75, 3.05) is 23.3 Å². The Kier molecular flexibility index (Phi) is 4.86. The zero-order valence-electron chi connectivity index (χ0n) is 15.9. The van der Waals surface area contributed by atoms with Gasteiger partial charge in [0.2, 0.25) is 11.3 Å². The van der Waals surface area contributed by atoms with Crippen LogP contribution in [0.5, 0.6) is 0 Å². The lowest BCUT2D eigenvalue weighted by Gasteiger charge is -2.39. The van der Waals surface area contributed by atoms with Crippen molar-refractivity contribution in [3.05, 3.63) is 50.8 Å². The van der Waals surface area contributed by atoms with Crippen molar-refractivity contribution >= 4 is 57.4 Å². The van der Waals surface area contributed by atoms with Crippen LogP contribution in [0.1, 0.15) is 10.4 Å². The Morgan fingerprint density at radius 3 is 2.78 bits per heavy atom. The topological polar surface area (TPSA) is 143 Å². The zero-order valence-corrected chi connectivity index (χ0v) is 17.6. The fourth-order valence-corrected chi connectivity index (χ4v) is 4.34. The minimum atomic E-state index is -1.43. The van der Waals surface area contributed by atoms with Gasteiger partial charge in [-0.1, -0.05) is 4.49 Å². The normalized spacial score (nSPS) is 13.8. The van der Waals surface area contributed by atoms with E-state index in [2.05, 4.69) is 24.9 Å². The van der Waals surface area contributed by atoms with E-state index in [1.54, 1.807) is 15.7 Å². The number of carbonyl (C=O) groups is 2. The van der Waals surface area contributed by atoms with Gasteiger partial charge < -0.3 is 15.3 Å². The molecule has 162 valence electrons. The molecule has 1 saturated heterocycles. The van der Waals surface area contributed by atoms with Crippen LogP contribution in [0.15, 0.2) is 34.0 Å². The first-order chi connectivity index (χ1) is 15.4. The summed E-state index contributed by atoms with van der Waals surface area (Å²) in [6, 6.07) is 0.977. The third-order valence-corrected chi connectivity index (χ3v) is 6.21. The summed E-state index contributed by atoms with van der Waals surface area (Å²) >= 11 is 2.32. The minimum Gasteiger partial charge on any atom is -0.477 e. The number of anilines is 2. The maximum atomic E-state index is 14.9. The number of hydrogen-bond acceptors (Lipinski definition) is 10. The van der Waals surface area contributed by atoms with Crippen LogP contribution in [0, 0.1) is 11.7 Å². The van der Waals surface area contributed by atoms with Gasteiger partial charge in [-0.15, -0.1) is 16.4 Å². The average Bonchev–Trinajstić information content (AvgIpc) is 3.42. The highest BCUT2D eigenvalue weighted by Crippen LogP contribution is 2.29. The molecule has 0 atom stereocenters. The van der Waals surface area contributed by atoms with Crippen LogP contribution in [-0.2, 0) is 4.79 Å². The van der Waals surface area contributed by atoms with Gasteiger partial charge in [0.05, 0.1) is 16.7 Å². The van der Waals surface area contributed by atoms with E-state index in [0.717, 1.165) is 23.8 Å². The van der Waals surface area contributed by atoms with Gasteiger partial charge in [0.1, 0.15) is 5.56 Å². The summed E-state index contributed by atoms with van der Waals surface area (Å²) in [5.74, 6) is -2.56. The van der Waals surface area contributed by atoms with Crippen LogP contribution in [0.4, 0.5) is 16.0 Å². The maximum absolute atomic E-state index is 14.9. The molecule has 0 spiro atoms. The van der Waals surface area contributed by atoms with Gasteiger partial charge >= 0.3 is 5.97 Å². The Bertz CT molecular complexity index is 1400. The van der Waals surface area contributed by atoms with Crippen LogP contribution >= 0.6 is 22.9 Å². The Hall–Kier alpha value is -3.78. The molecule has 14 heteroatoms. The van der Waals surface area contributed by atoms with E-state index in [1.807, 2.05) is 0 Å². The highest BCUT2D eigenvalue weighted by Gasteiger charge is 2.35. The largest absolute Gasteiger partial charge is 0.477 e. The van der Waals surface area contributed by atoms with E-state index >= 15 is 0 Å². The monoisotopic (exact) mass is 473 g/mol. The number of fused-ring (bicyclic) bond motifs is 1. The number of carboxylic acid groups (broad SMARTS) is 1. The molecule has 4 aromatic rings. The van der Waals surface area contributed by atoms with Crippen LogP contribution < -0.4 is 15.6 Å². The standard InChI is InChI=1S/C18H12FN7O4S2/c19-11-3-9-13(27)10(17(29)30)6-26(18-20-1-2-31-18)14(9)22-15(11)25-4-8(5-25)16(28)21-12-7-32-24-23-12/h1-3,6-8H,4-5H2,(H,21,28)(H,29,30). The number of nitrogens with zero attached hydrogens (tertiary/aromatic N) is 6. The number of aromatic nitrogens is 5. The number of amides is 1. The molecular weight excluding hydrogens is 461 g/mol. The summed E-state index contributed by atoms with van der Waals surface area (Å²) < 4.78 is 19.9. The third kappa shape index (κ3) is 3.38. The summed E-state index contributed by atoms with van der Waals surface area (Å²) in [6.07, 6.45) is 2.65. The van der Waals surface area contributed by atoms with Crippen molar-refractivity contribution < 1.29 is 19.1 Å². The van der Waals surface area contributed by atoms with Crippen molar-refractivity contribution in [3.8, 4) is 5.13 Å². The first-order valence-corrected chi connectivity index (χ1v) is 10.9. The molecule has 1 amide bonds. The molecule has 1 aliphatic rings. The highest BCUT2D eigenvalue weighted by atomic mass is 32.1. The average molecular weight is 473 g/mol. The molecule has 0 aliphatic carbocycles. The molecule has 4 aromatic heterocycles. The van der Waals surface area contributed by atoms with Gasteiger partial charge in [-0.2, -0.15) is 0 Å². The molecule has 0 saturated carbocycles. The lowest BCUT2D eigenvalue weighted by atomic mass is 9.99. The molecule has 11 nitrogen and oxygen atoms in total. The van der Waals surface area contributed by atoms with Crippen molar-refractivity contribution in [1.29, 1.82) is 0 Å². The number of aromatic carboxylic acids is 1. The number of carbonyl (C=O) groups excluding carboxylic acids is 1. The maximum Gasteiger partial charge on any atom is 0.341 e. The lowest BCUT2D eigenvalue weighted by Crippen LogP contribution is -2.52. The lowest BCUT2D eigenvalue weighted by molar-refractivity contribution is -0.120. The van der Waals surface area contributed by atoms with Crippen LogP contribution in [0.25, 0.3) is 16.2 Å². The van der Waals surface area contributed by atoms with Crippen molar-refractivity contribution in [2.24, 2.45) is 5.92 Å². The summed E-state index contributed by atoms with van der Waals surface area (Å²) in [4.78, 5) is 46.5. The zero-order chi connectivity index (χ0) is 22.4. The molecule has 0 bridgehead atoms. The summed E-state index contributed by atoms with van der Waals surface area (Å²) in [5, 5.41) is 19.3. The molecular formula is C18H12FN7O4S2. The Labute approximate surface area is 185 Å². The van der Waals surface area contributed by atoms with Gasteiger partial charge in [-0.3, -0.25) is 14.2 Å². The van der Waals surface area contributed by atoms with Crippen LogP contribution in [0.3, 0.4) is 0 Å². The Balaban J connectivity index is 1.50. The second kappa shape index (κ2) is 7.72. The predicted molar refractivity (Wildman–Crippen MR) is 114 cm³/mol. The predicted octanol–water partition coefficient (Wildman–Crippen LogP) is 1.61. The first kappa shape index (κ1) is 20.1. The van der Waals surface area contributed by atoms with Gasteiger partial charge in [0.15, 0.2) is 28.2 Å². The highest BCUT2D eigenvalue weighted by molar-refractivity contribution is 7.12. The third-order valence-electron chi connectivity index (χ3n) is 4.93. The molecule has 2 N–H and O–H groups in total. The van der Waals surface area contributed by atoms with E-state index in [9.17, 15) is 23.9 Å². The van der Waals surface area contributed by atoms with E-state index < -0.39 is 28.7 Å². The Morgan fingerprint density at radius 2 is 2.12 bits per heavy atom. The summed E-state index contributed by atoms with van der Waals surface area (Å²) in [7, 11) is 0. The fraction of sp³-hybridized carbons (Fsp3) is 0.167. The fourth-order valence-electron chi connectivity index (χ4n) is 3.33. The summed E-state index contributed by atoms with van der Waals surface area (Å²) in [6.45, 7) is 0.432. The number of carboxylic acids is 1. The second-order valence-corrected chi connectivity index (χ2v) is 8.39. The molecule has 5 heterocycles. The van der Waals surface area contributed by atoms with Gasteiger partial charge in [-0.05, 0) is 17.6 Å². The first-order valence-electron chi connectivity index (χ1n) is 9.14. The molecule has 5 rings (SSSR count). The van der Waals surface area contributed by atoms with Crippen molar-refractivity contribution in [3.63, 3.8) is 0 Å². The van der Waals surface area contributed by atoms with E-state index in [-0.39, 0.29) is 35.8 Å². The van der Waals surface area contributed by atoms with E-state index in [4.69, 9.17) is 0 Å². The van der Waals surface area contributed by atoms with E-state index in [1.165, 1.54) is 22.1 Å². The Morgan fingerprint density at radius 1 is 1.31 bits per heavy atom. The molecule has 32 heavy (non-hydrogen) atoms. The van der Waals surface area contributed by atoms with Gasteiger partial charge in [0.25, 0.3) is 0 Å². The number of hydrogen-bond donors (Lipinski definition) is 2.